The number of nitrogens with zero attached hydrogens (tertiary/aromatic N) is 3. The second kappa shape index (κ2) is 9.05. The number of hydrogen-bond donors (Lipinski definition) is 1. The molecule has 3 rings (SSSR count). The van der Waals surface area contributed by atoms with Crippen LogP contribution in [0.2, 0.25) is 0 Å². The Morgan fingerprint density at radius 1 is 1.36 bits per heavy atom. The Bertz CT molecular complexity index is 809. The Labute approximate surface area is 172 Å². The van der Waals surface area contributed by atoms with Crippen LogP contribution in [-0.2, 0) is 16.6 Å². The van der Waals surface area contributed by atoms with Gasteiger partial charge in [-0.3, -0.25) is 4.99 Å². The number of benzene rings is 1. The number of aromatic nitrogens is 1. The smallest absolute Gasteiger partial charge is 0.193 e. The van der Waals surface area contributed by atoms with E-state index in [9.17, 15) is 0 Å². The minimum Gasteiger partial charge on any atom is -0.370 e. The highest BCUT2D eigenvalue weighted by Crippen LogP contribution is 2.25. The molecule has 1 aromatic carbocycles. The second-order valence-corrected chi connectivity index (χ2v) is 9.21. The van der Waals surface area contributed by atoms with Crippen molar-refractivity contribution in [2.45, 2.75) is 45.6 Å². The molecule has 1 aromatic heterocycles. The summed E-state index contributed by atoms with van der Waals surface area (Å²) in [4.78, 5) is 11.6. The van der Waals surface area contributed by atoms with Gasteiger partial charge in [0.1, 0.15) is 6.10 Å². The third kappa shape index (κ3) is 5.11. The molecule has 0 saturated carbocycles. The molecule has 1 unspecified atom stereocenters. The number of hydrogen-bond acceptors (Lipinski definition) is 4. The van der Waals surface area contributed by atoms with Gasteiger partial charge in [0.25, 0.3) is 0 Å². The van der Waals surface area contributed by atoms with Gasteiger partial charge in [0, 0.05) is 37.4 Å². The molecule has 2 aromatic rings. The van der Waals surface area contributed by atoms with Gasteiger partial charge in [-0.1, -0.05) is 45.0 Å². The van der Waals surface area contributed by atoms with E-state index in [2.05, 4.69) is 72.5 Å². The molecule has 1 fully saturated rings. The lowest BCUT2D eigenvalue weighted by Crippen LogP contribution is -2.48. The van der Waals surface area contributed by atoms with Gasteiger partial charge < -0.3 is 15.0 Å². The number of aliphatic imine (C=N–C) groups is 1. The van der Waals surface area contributed by atoms with Crippen molar-refractivity contribution in [3.8, 4) is 0 Å². The standard InChI is InChI=1S/C22H32N4OS/c1-16-8-6-7-9-17(16)18-14-26(12-13-27-18)21(23-5)24-11-10-20-25-19(15-28-20)22(2,3)4/h6-9,15,18H,10-14H2,1-5H3,(H,23,24). The zero-order chi connectivity index (χ0) is 20.1. The number of guanidine groups is 1. The van der Waals surface area contributed by atoms with Crippen molar-refractivity contribution in [3.05, 3.63) is 51.5 Å². The summed E-state index contributed by atoms with van der Waals surface area (Å²) in [6.07, 6.45) is 0.993. The molecular formula is C22H32N4OS. The van der Waals surface area contributed by atoms with Crippen LogP contribution in [-0.4, -0.2) is 49.1 Å². The Morgan fingerprint density at radius 3 is 2.82 bits per heavy atom. The minimum atomic E-state index is 0.0850. The van der Waals surface area contributed by atoms with Crippen LogP contribution in [0.1, 0.15) is 48.7 Å². The molecule has 1 saturated heterocycles. The van der Waals surface area contributed by atoms with E-state index in [0.717, 1.165) is 32.0 Å². The molecule has 0 aliphatic carbocycles. The van der Waals surface area contributed by atoms with Gasteiger partial charge in [-0.2, -0.15) is 0 Å². The zero-order valence-corrected chi connectivity index (χ0v) is 18.5. The third-order valence-corrected chi connectivity index (χ3v) is 5.96. The molecule has 1 aliphatic rings. The van der Waals surface area contributed by atoms with Crippen molar-refractivity contribution in [3.63, 3.8) is 0 Å². The monoisotopic (exact) mass is 400 g/mol. The molecule has 5 nitrogen and oxygen atoms in total. The lowest BCUT2D eigenvalue weighted by Gasteiger charge is -2.35. The van der Waals surface area contributed by atoms with E-state index >= 15 is 0 Å². The van der Waals surface area contributed by atoms with Crippen molar-refractivity contribution >= 4 is 17.3 Å². The first-order valence-electron chi connectivity index (χ1n) is 9.96. The van der Waals surface area contributed by atoms with Crippen LogP contribution in [0.15, 0.2) is 34.6 Å². The summed E-state index contributed by atoms with van der Waals surface area (Å²) in [5, 5.41) is 6.86. The van der Waals surface area contributed by atoms with E-state index in [1.165, 1.54) is 21.8 Å². The Balaban J connectivity index is 1.56. The Hall–Kier alpha value is -1.92. The summed E-state index contributed by atoms with van der Waals surface area (Å²) in [5.41, 5.74) is 3.82. The first-order valence-corrected chi connectivity index (χ1v) is 10.8. The summed E-state index contributed by atoms with van der Waals surface area (Å²) < 4.78 is 6.05. The topological polar surface area (TPSA) is 49.8 Å². The van der Waals surface area contributed by atoms with E-state index in [4.69, 9.17) is 9.72 Å². The van der Waals surface area contributed by atoms with Crippen LogP contribution in [0.25, 0.3) is 0 Å². The van der Waals surface area contributed by atoms with Gasteiger partial charge >= 0.3 is 0 Å². The van der Waals surface area contributed by atoms with Gasteiger partial charge in [-0.25, -0.2) is 4.98 Å². The maximum atomic E-state index is 6.05. The van der Waals surface area contributed by atoms with Crippen molar-refractivity contribution in [1.29, 1.82) is 0 Å². The van der Waals surface area contributed by atoms with E-state index in [1.54, 1.807) is 11.3 Å². The first kappa shape index (κ1) is 20.8. The van der Waals surface area contributed by atoms with Gasteiger partial charge in [0.05, 0.1) is 23.9 Å². The van der Waals surface area contributed by atoms with E-state index in [-0.39, 0.29) is 11.5 Å². The van der Waals surface area contributed by atoms with Crippen molar-refractivity contribution in [2.75, 3.05) is 33.3 Å². The summed E-state index contributed by atoms with van der Waals surface area (Å²) >= 11 is 1.75. The highest BCUT2D eigenvalue weighted by Gasteiger charge is 2.25. The fourth-order valence-corrected chi connectivity index (χ4v) is 4.39. The molecule has 6 heteroatoms. The van der Waals surface area contributed by atoms with Gasteiger partial charge in [0.2, 0.25) is 0 Å². The molecule has 2 heterocycles. The summed E-state index contributed by atoms with van der Waals surface area (Å²) in [5.74, 6) is 0.939. The van der Waals surface area contributed by atoms with E-state index in [0.29, 0.717) is 6.61 Å². The minimum absolute atomic E-state index is 0.0850. The number of rotatable bonds is 4. The average molecular weight is 401 g/mol. The normalized spacial score (nSPS) is 18.4. The van der Waals surface area contributed by atoms with Crippen LogP contribution >= 0.6 is 11.3 Å². The van der Waals surface area contributed by atoms with Gasteiger partial charge in [0.15, 0.2) is 5.96 Å². The summed E-state index contributed by atoms with van der Waals surface area (Å²) in [6.45, 7) is 12.0. The fraction of sp³-hybridized carbons (Fsp3) is 0.545. The number of morpholine rings is 1. The van der Waals surface area contributed by atoms with Gasteiger partial charge in [-0.15, -0.1) is 11.3 Å². The number of ether oxygens (including phenoxy) is 1. The second-order valence-electron chi connectivity index (χ2n) is 8.26. The largest absolute Gasteiger partial charge is 0.370 e. The Kier molecular flexibility index (Phi) is 6.73. The molecule has 0 bridgehead atoms. The zero-order valence-electron chi connectivity index (χ0n) is 17.7. The van der Waals surface area contributed by atoms with Gasteiger partial charge in [-0.05, 0) is 18.1 Å². The fourth-order valence-electron chi connectivity index (χ4n) is 3.36. The van der Waals surface area contributed by atoms with Crippen LogP contribution in [0, 0.1) is 6.92 Å². The lowest BCUT2D eigenvalue weighted by atomic mass is 9.93. The molecule has 0 amide bonds. The van der Waals surface area contributed by atoms with Crippen LogP contribution < -0.4 is 5.32 Å². The molecule has 1 aliphatic heterocycles. The lowest BCUT2D eigenvalue weighted by molar-refractivity contribution is -0.00829. The van der Waals surface area contributed by atoms with Crippen LogP contribution in [0.3, 0.4) is 0 Å². The predicted molar refractivity (Wildman–Crippen MR) is 117 cm³/mol. The third-order valence-electron chi connectivity index (χ3n) is 5.06. The highest BCUT2D eigenvalue weighted by atomic mass is 32.1. The number of thiazole rings is 1. The van der Waals surface area contributed by atoms with Crippen molar-refractivity contribution in [2.24, 2.45) is 4.99 Å². The highest BCUT2D eigenvalue weighted by molar-refractivity contribution is 7.09. The summed E-state index contributed by atoms with van der Waals surface area (Å²) in [7, 11) is 1.85. The quantitative estimate of drug-likeness (QED) is 0.624. The maximum Gasteiger partial charge on any atom is 0.193 e. The van der Waals surface area contributed by atoms with Crippen molar-refractivity contribution < 1.29 is 4.74 Å². The van der Waals surface area contributed by atoms with Crippen LogP contribution in [0.4, 0.5) is 0 Å². The predicted octanol–water partition coefficient (Wildman–Crippen LogP) is 3.94. The van der Waals surface area contributed by atoms with E-state index in [1.807, 2.05) is 7.05 Å². The molecule has 0 radical (unpaired) electrons. The van der Waals surface area contributed by atoms with E-state index < -0.39 is 0 Å². The molecular weight excluding hydrogens is 368 g/mol. The molecule has 1 N–H and O–H groups in total. The molecule has 152 valence electrons. The average Bonchev–Trinajstić information content (AvgIpc) is 3.15. The molecule has 1 atom stereocenters. The Morgan fingerprint density at radius 2 is 2.14 bits per heavy atom. The molecule has 28 heavy (non-hydrogen) atoms. The van der Waals surface area contributed by atoms with Crippen molar-refractivity contribution in [1.82, 2.24) is 15.2 Å². The number of aryl methyl sites for hydroxylation is 1. The molecule has 0 spiro atoms. The maximum absolute atomic E-state index is 6.05. The summed E-state index contributed by atoms with van der Waals surface area (Å²) in [6, 6.07) is 8.46. The first-order chi connectivity index (χ1) is 13.4. The SMILES string of the molecule is CN=C(NCCc1nc(C(C)(C)C)cs1)N1CCOC(c2ccccc2C)C1. The van der Waals surface area contributed by atoms with Crippen LogP contribution in [0.5, 0.6) is 0 Å². The number of nitrogens with one attached hydrogen (secondary N) is 1.